The molecule has 1 aliphatic heterocycles. The number of aliphatic hydroxyl groups is 1. The highest BCUT2D eigenvalue weighted by Crippen LogP contribution is 2.30. The van der Waals surface area contributed by atoms with Crippen molar-refractivity contribution in [1.29, 1.82) is 0 Å². The summed E-state index contributed by atoms with van der Waals surface area (Å²) in [5.74, 6) is -1.08. The molecule has 1 fully saturated rings. The Bertz CT molecular complexity index is 638. The average Bonchev–Trinajstić information content (AvgIpc) is 2.93. The van der Waals surface area contributed by atoms with E-state index >= 15 is 0 Å². The van der Waals surface area contributed by atoms with Crippen LogP contribution in [0, 0.1) is 0 Å². The van der Waals surface area contributed by atoms with Crippen molar-refractivity contribution >= 4 is 5.97 Å². The molecule has 3 rings (SSSR count). The number of aromatic carboxylic acids is 1. The van der Waals surface area contributed by atoms with Crippen molar-refractivity contribution in [3.63, 3.8) is 0 Å². The first-order chi connectivity index (χ1) is 10.2. The second-order valence-corrected chi connectivity index (χ2v) is 5.02. The minimum absolute atomic E-state index is 0.0148. The van der Waals surface area contributed by atoms with Crippen molar-refractivity contribution < 1.29 is 19.7 Å². The van der Waals surface area contributed by atoms with Gasteiger partial charge in [0.2, 0.25) is 0 Å². The molecular formula is C15H16N2O4. The second-order valence-electron chi connectivity index (χ2n) is 5.02. The van der Waals surface area contributed by atoms with E-state index in [2.05, 4.69) is 4.98 Å². The zero-order chi connectivity index (χ0) is 14.8. The van der Waals surface area contributed by atoms with Crippen LogP contribution in [0.1, 0.15) is 23.0 Å². The highest BCUT2D eigenvalue weighted by Gasteiger charge is 2.30. The van der Waals surface area contributed by atoms with Gasteiger partial charge in [-0.15, -0.1) is 0 Å². The van der Waals surface area contributed by atoms with Gasteiger partial charge in [0.05, 0.1) is 30.8 Å². The number of rotatable bonds is 3. The summed E-state index contributed by atoms with van der Waals surface area (Å²) in [6.07, 6.45) is 1.42. The van der Waals surface area contributed by atoms with E-state index < -0.39 is 12.1 Å². The normalized spacial score (nSPS) is 22.1. The number of carbonyl (C=O) groups is 1. The largest absolute Gasteiger partial charge is 0.476 e. The molecule has 21 heavy (non-hydrogen) atoms. The number of imidazole rings is 1. The van der Waals surface area contributed by atoms with Gasteiger partial charge < -0.3 is 19.5 Å². The van der Waals surface area contributed by atoms with Crippen LogP contribution in [0.4, 0.5) is 0 Å². The van der Waals surface area contributed by atoms with Gasteiger partial charge in [0.15, 0.2) is 5.69 Å². The van der Waals surface area contributed by atoms with Crippen molar-refractivity contribution in [1.82, 2.24) is 9.55 Å². The first-order valence-electron chi connectivity index (χ1n) is 6.80. The standard InChI is InChI=1S/C15H16N2O4/c18-12-6-7-21-8-11(12)17-9-16-13(15(19)20)14(17)10-4-2-1-3-5-10/h1-5,9,11-12,18H,6-8H2,(H,19,20). The lowest BCUT2D eigenvalue weighted by molar-refractivity contribution is -0.0286. The predicted octanol–water partition coefficient (Wildman–Crippen LogP) is 1.57. The molecule has 0 aliphatic carbocycles. The smallest absolute Gasteiger partial charge is 0.356 e. The third-order valence-corrected chi connectivity index (χ3v) is 3.69. The Hall–Kier alpha value is -2.18. The minimum atomic E-state index is -1.08. The van der Waals surface area contributed by atoms with E-state index in [1.165, 1.54) is 6.33 Å². The summed E-state index contributed by atoms with van der Waals surface area (Å²) in [4.78, 5) is 15.4. The first kappa shape index (κ1) is 13.8. The minimum Gasteiger partial charge on any atom is -0.476 e. The number of hydrogen-bond acceptors (Lipinski definition) is 4. The SMILES string of the molecule is O=C(O)c1ncn(C2COCCC2O)c1-c1ccccc1. The Morgan fingerprint density at radius 1 is 1.33 bits per heavy atom. The quantitative estimate of drug-likeness (QED) is 0.895. The van der Waals surface area contributed by atoms with Crippen LogP contribution in [0.5, 0.6) is 0 Å². The fourth-order valence-electron chi connectivity index (χ4n) is 2.63. The summed E-state index contributed by atoms with van der Waals surface area (Å²) in [6.45, 7) is 0.856. The van der Waals surface area contributed by atoms with Crippen LogP contribution in [0.15, 0.2) is 36.7 Å². The van der Waals surface area contributed by atoms with Gasteiger partial charge in [-0.3, -0.25) is 0 Å². The molecule has 2 atom stereocenters. The molecule has 0 amide bonds. The summed E-state index contributed by atoms with van der Waals surface area (Å²) in [7, 11) is 0. The van der Waals surface area contributed by atoms with Crippen LogP contribution in [0.25, 0.3) is 11.3 Å². The van der Waals surface area contributed by atoms with Crippen molar-refractivity contribution in [3.05, 3.63) is 42.4 Å². The molecule has 6 nitrogen and oxygen atoms in total. The molecule has 2 heterocycles. The Labute approximate surface area is 121 Å². The average molecular weight is 288 g/mol. The third-order valence-electron chi connectivity index (χ3n) is 3.69. The van der Waals surface area contributed by atoms with Crippen molar-refractivity contribution in [3.8, 4) is 11.3 Å². The Kier molecular flexibility index (Phi) is 3.72. The molecule has 2 aromatic rings. The second kappa shape index (κ2) is 5.67. The van der Waals surface area contributed by atoms with Gasteiger partial charge in [-0.2, -0.15) is 0 Å². The molecular weight excluding hydrogens is 272 g/mol. The van der Waals surface area contributed by atoms with Gasteiger partial charge in [0.25, 0.3) is 0 Å². The number of benzene rings is 1. The van der Waals surface area contributed by atoms with E-state index in [0.29, 0.717) is 25.3 Å². The van der Waals surface area contributed by atoms with Crippen molar-refractivity contribution in [2.24, 2.45) is 0 Å². The number of carboxylic acids is 1. The Morgan fingerprint density at radius 3 is 2.76 bits per heavy atom. The van der Waals surface area contributed by atoms with E-state index in [9.17, 15) is 15.0 Å². The Morgan fingerprint density at radius 2 is 2.10 bits per heavy atom. The maximum Gasteiger partial charge on any atom is 0.356 e. The molecule has 0 spiro atoms. The molecule has 1 aromatic heterocycles. The molecule has 1 saturated heterocycles. The van der Waals surface area contributed by atoms with E-state index in [-0.39, 0.29) is 11.7 Å². The summed E-state index contributed by atoms with van der Waals surface area (Å²) in [5, 5.41) is 19.5. The zero-order valence-electron chi connectivity index (χ0n) is 11.3. The number of aliphatic hydroxyl groups excluding tert-OH is 1. The lowest BCUT2D eigenvalue weighted by atomic mass is 10.0. The molecule has 2 unspecified atom stereocenters. The maximum absolute atomic E-state index is 11.4. The van der Waals surface area contributed by atoms with E-state index in [0.717, 1.165) is 5.56 Å². The first-order valence-corrected chi connectivity index (χ1v) is 6.80. The van der Waals surface area contributed by atoms with Crippen LogP contribution in [-0.2, 0) is 4.74 Å². The summed E-state index contributed by atoms with van der Waals surface area (Å²) in [6, 6.07) is 8.88. The lowest BCUT2D eigenvalue weighted by Crippen LogP contribution is -2.34. The Balaban J connectivity index is 2.11. The zero-order valence-corrected chi connectivity index (χ0v) is 11.3. The number of nitrogens with zero attached hydrogens (tertiary/aromatic N) is 2. The molecule has 110 valence electrons. The molecule has 0 bridgehead atoms. The van der Waals surface area contributed by atoms with Crippen molar-refractivity contribution in [2.75, 3.05) is 13.2 Å². The van der Waals surface area contributed by atoms with Crippen molar-refractivity contribution in [2.45, 2.75) is 18.6 Å². The summed E-state index contributed by atoms with van der Waals surface area (Å²) >= 11 is 0. The fourth-order valence-corrected chi connectivity index (χ4v) is 2.63. The summed E-state index contributed by atoms with van der Waals surface area (Å²) in [5.41, 5.74) is 1.24. The number of ether oxygens (including phenoxy) is 1. The molecule has 0 radical (unpaired) electrons. The third kappa shape index (κ3) is 2.55. The number of aromatic nitrogens is 2. The van der Waals surface area contributed by atoms with Crippen LogP contribution in [0.2, 0.25) is 0 Å². The van der Waals surface area contributed by atoms with E-state index in [4.69, 9.17) is 4.74 Å². The number of carboxylic acid groups (broad SMARTS) is 1. The predicted molar refractivity (Wildman–Crippen MR) is 75.1 cm³/mol. The van der Waals surface area contributed by atoms with Gasteiger partial charge in [-0.1, -0.05) is 30.3 Å². The van der Waals surface area contributed by atoms with Gasteiger partial charge in [-0.05, 0) is 6.42 Å². The fraction of sp³-hybridized carbons (Fsp3) is 0.333. The van der Waals surface area contributed by atoms with E-state index in [1.807, 2.05) is 30.3 Å². The maximum atomic E-state index is 11.4. The van der Waals surface area contributed by atoms with Gasteiger partial charge >= 0.3 is 5.97 Å². The monoisotopic (exact) mass is 288 g/mol. The lowest BCUT2D eigenvalue weighted by Gasteiger charge is -2.30. The van der Waals surface area contributed by atoms with Crippen LogP contribution in [-0.4, -0.2) is 45.1 Å². The number of hydrogen-bond donors (Lipinski definition) is 2. The van der Waals surface area contributed by atoms with Crippen LogP contribution < -0.4 is 0 Å². The van der Waals surface area contributed by atoms with Gasteiger partial charge in [0, 0.05) is 12.2 Å². The highest BCUT2D eigenvalue weighted by atomic mass is 16.5. The van der Waals surface area contributed by atoms with E-state index in [1.54, 1.807) is 4.57 Å². The summed E-state index contributed by atoms with van der Waals surface area (Å²) < 4.78 is 7.12. The molecule has 6 heteroatoms. The molecule has 2 N–H and O–H groups in total. The topological polar surface area (TPSA) is 84.6 Å². The molecule has 0 saturated carbocycles. The molecule has 1 aliphatic rings. The van der Waals surface area contributed by atoms with Gasteiger partial charge in [0.1, 0.15) is 0 Å². The molecule has 1 aromatic carbocycles. The van der Waals surface area contributed by atoms with Crippen LogP contribution >= 0.6 is 0 Å². The highest BCUT2D eigenvalue weighted by molar-refractivity contribution is 5.93. The van der Waals surface area contributed by atoms with Crippen LogP contribution in [0.3, 0.4) is 0 Å². The van der Waals surface area contributed by atoms with Gasteiger partial charge in [-0.25, -0.2) is 9.78 Å².